The molecule has 3 heteroatoms. The van der Waals surface area contributed by atoms with Crippen LogP contribution in [0, 0.1) is 0 Å². The second-order valence-electron chi connectivity index (χ2n) is 5.63. The molecular weight excluding hydrogens is 264 g/mol. The van der Waals surface area contributed by atoms with Crippen LogP contribution in [-0.4, -0.2) is 22.6 Å². The number of carbonyl (C=O) groups is 1. The zero-order valence-electron chi connectivity index (χ0n) is 12.9. The molecule has 0 spiro atoms. The van der Waals surface area contributed by atoms with Crippen LogP contribution in [0.5, 0.6) is 5.75 Å². The third-order valence-electron chi connectivity index (χ3n) is 3.75. The fraction of sp³-hybridized carbons (Fsp3) is 0.611. The Hall–Kier alpha value is -1.35. The number of hydrogen-bond donors (Lipinski definition) is 2. The number of phenolic OH excluding ortho intramolecular Hbond substituents is 1. The van der Waals surface area contributed by atoms with Gasteiger partial charge in [0.2, 0.25) is 0 Å². The first kappa shape index (κ1) is 17.7. The third-order valence-corrected chi connectivity index (χ3v) is 3.75. The lowest BCUT2D eigenvalue weighted by atomic mass is 10.0. The van der Waals surface area contributed by atoms with Gasteiger partial charge in [0.15, 0.2) is 5.78 Å². The van der Waals surface area contributed by atoms with Crippen LogP contribution in [0.15, 0.2) is 24.3 Å². The second-order valence-corrected chi connectivity index (χ2v) is 5.63. The van der Waals surface area contributed by atoms with E-state index in [0.717, 1.165) is 25.7 Å². The van der Waals surface area contributed by atoms with Gasteiger partial charge in [0.05, 0.1) is 0 Å². The van der Waals surface area contributed by atoms with E-state index in [2.05, 4.69) is 0 Å². The average Bonchev–Trinajstić information content (AvgIpc) is 2.49. The number of aromatic hydroxyl groups is 1. The summed E-state index contributed by atoms with van der Waals surface area (Å²) in [5.74, 6) is 0.365. The Morgan fingerprint density at radius 2 is 1.24 bits per heavy atom. The van der Waals surface area contributed by atoms with Gasteiger partial charge in [-0.05, 0) is 37.1 Å². The quantitative estimate of drug-likeness (QED) is 0.441. The monoisotopic (exact) mass is 292 g/mol. The van der Waals surface area contributed by atoms with Crippen molar-refractivity contribution >= 4 is 5.78 Å². The SMILES string of the molecule is O=C(CCCCCCCCCCCO)c1ccc(O)cc1. The van der Waals surface area contributed by atoms with E-state index in [4.69, 9.17) is 5.11 Å². The number of unbranched alkanes of at least 4 members (excludes halogenated alkanes) is 8. The molecule has 0 heterocycles. The highest BCUT2D eigenvalue weighted by atomic mass is 16.3. The summed E-state index contributed by atoms with van der Waals surface area (Å²) in [4.78, 5) is 11.9. The molecule has 0 radical (unpaired) electrons. The Labute approximate surface area is 128 Å². The zero-order chi connectivity index (χ0) is 15.3. The molecule has 0 aliphatic heterocycles. The maximum Gasteiger partial charge on any atom is 0.162 e. The molecule has 118 valence electrons. The number of phenols is 1. The summed E-state index contributed by atoms with van der Waals surface area (Å²) in [6.07, 6.45) is 10.9. The Morgan fingerprint density at radius 1 is 0.762 bits per heavy atom. The predicted molar refractivity (Wildman–Crippen MR) is 85.7 cm³/mol. The van der Waals surface area contributed by atoms with Crippen LogP contribution in [0.2, 0.25) is 0 Å². The van der Waals surface area contributed by atoms with E-state index in [1.54, 1.807) is 24.3 Å². The van der Waals surface area contributed by atoms with E-state index in [9.17, 15) is 9.90 Å². The van der Waals surface area contributed by atoms with Gasteiger partial charge in [0, 0.05) is 18.6 Å². The van der Waals surface area contributed by atoms with Gasteiger partial charge in [-0.2, -0.15) is 0 Å². The van der Waals surface area contributed by atoms with Crippen molar-refractivity contribution in [3.05, 3.63) is 29.8 Å². The maximum absolute atomic E-state index is 11.9. The van der Waals surface area contributed by atoms with Crippen molar-refractivity contribution in [2.45, 2.75) is 64.2 Å². The lowest BCUT2D eigenvalue weighted by Gasteiger charge is -2.03. The van der Waals surface area contributed by atoms with Crippen molar-refractivity contribution < 1.29 is 15.0 Å². The lowest BCUT2D eigenvalue weighted by molar-refractivity contribution is 0.0979. The zero-order valence-corrected chi connectivity index (χ0v) is 12.9. The first-order chi connectivity index (χ1) is 10.2. The minimum absolute atomic E-state index is 0.166. The first-order valence-corrected chi connectivity index (χ1v) is 8.17. The molecule has 1 aromatic rings. The van der Waals surface area contributed by atoms with Crippen molar-refractivity contribution in [3.63, 3.8) is 0 Å². The summed E-state index contributed by atoms with van der Waals surface area (Å²) in [6.45, 7) is 0.315. The molecule has 2 N–H and O–H groups in total. The molecule has 0 atom stereocenters. The fourth-order valence-electron chi connectivity index (χ4n) is 2.43. The Morgan fingerprint density at radius 3 is 1.76 bits per heavy atom. The molecule has 0 amide bonds. The molecular formula is C18H28O3. The lowest BCUT2D eigenvalue weighted by Crippen LogP contribution is -1.98. The van der Waals surface area contributed by atoms with Crippen LogP contribution in [0.25, 0.3) is 0 Å². The number of benzene rings is 1. The smallest absolute Gasteiger partial charge is 0.162 e. The van der Waals surface area contributed by atoms with E-state index in [-0.39, 0.29) is 11.5 Å². The van der Waals surface area contributed by atoms with Crippen LogP contribution in [0.1, 0.15) is 74.6 Å². The minimum Gasteiger partial charge on any atom is -0.508 e. The molecule has 0 aliphatic rings. The van der Waals surface area contributed by atoms with Gasteiger partial charge in [-0.25, -0.2) is 0 Å². The van der Waals surface area contributed by atoms with Crippen molar-refractivity contribution in [2.75, 3.05) is 6.61 Å². The van der Waals surface area contributed by atoms with Crippen molar-refractivity contribution in [1.82, 2.24) is 0 Å². The van der Waals surface area contributed by atoms with Gasteiger partial charge < -0.3 is 10.2 Å². The van der Waals surface area contributed by atoms with Crippen molar-refractivity contribution in [1.29, 1.82) is 0 Å². The summed E-state index contributed by atoms with van der Waals surface area (Å²) in [5, 5.41) is 17.8. The standard InChI is InChI=1S/C18H28O3/c19-15-9-7-5-3-1-2-4-6-8-10-18(21)16-11-13-17(20)14-12-16/h11-14,19-20H,1-10,15H2. The highest BCUT2D eigenvalue weighted by molar-refractivity contribution is 5.96. The largest absolute Gasteiger partial charge is 0.508 e. The Bertz CT molecular complexity index is 384. The minimum atomic E-state index is 0.166. The number of aliphatic hydroxyl groups excluding tert-OH is 1. The molecule has 1 rings (SSSR count). The van der Waals surface area contributed by atoms with Gasteiger partial charge in [0.1, 0.15) is 5.75 Å². The second kappa shape index (κ2) is 11.3. The number of rotatable bonds is 12. The van der Waals surface area contributed by atoms with Gasteiger partial charge in [-0.1, -0.05) is 44.9 Å². The molecule has 0 fully saturated rings. The van der Waals surface area contributed by atoms with Gasteiger partial charge in [0.25, 0.3) is 0 Å². The number of carbonyl (C=O) groups excluding carboxylic acids is 1. The van der Waals surface area contributed by atoms with Crippen molar-refractivity contribution in [2.24, 2.45) is 0 Å². The van der Waals surface area contributed by atoms with Gasteiger partial charge in [-0.3, -0.25) is 4.79 Å². The number of aliphatic hydroxyl groups is 1. The topological polar surface area (TPSA) is 57.5 Å². The van der Waals surface area contributed by atoms with E-state index < -0.39 is 0 Å². The van der Waals surface area contributed by atoms with E-state index >= 15 is 0 Å². The Balaban J connectivity index is 1.96. The fourth-order valence-corrected chi connectivity index (χ4v) is 2.43. The molecule has 21 heavy (non-hydrogen) atoms. The molecule has 0 bridgehead atoms. The van der Waals surface area contributed by atoms with Crippen LogP contribution >= 0.6 is 0 Å². The summed E-state index contributed by atoms with van der Waals surface area (Å²) in [5.41, 5.74) is 0.691. The highest BCUT2D eigenvalue weighted by Crippen LogP contribution is 2.14. The van der Waals surface area contributed by atoms with Gasteiger partial charge in [-0.15, -0.1) is 0 Å². The van der Waals surface area contributed by atoms with Crippen LogP contribution < -0.4 is 0 Å². The summed E-state index contributed by atoms with van der Waals surface area (Å²) in [7, 11) is 0. The molecule has 3 nitrogen and oxygen atoms in total. The van der Waals surface area contributed by atoms with Gasteiger partial charge >= 0.3 is 0 Å². The van der Waals surface area contributed by atoms with Crippen LogP contribution in [0.4, 0.5) is 0 Å². The molecule has 1 aromatic carbocycles. The molecule has 0 saturated carbocycles. The predicted octanol–water partition coefficient (Wildman–Crippen LogP) is 4.47. The number of hydrogen-bond acceptors (Lipinski definition) is 3. The van der Waals surface area contributed by atoms with Crippen LogP contribution in [0.3, 0.4) is 0 Å². The number of ketones is 1. The van der Waals surface area contributed by atoms with Crippen molar-refractivity contribution in [3.8, 4) is 5.75 Å². The van der Waals surface area contributed by atoms with E-state index in [1.165, 1.54) is 32.1 Å². The molecule has 0 unspecified atom stereocenters. The summed E-state index contributed by atoms with van der Waals surface area (Å²) >= 11 is 0. The van der Waals surface area contributed by atoms with E-state index in [0.29, 0.717) is 18.6 Å². The molecule has 0 aliphatic carbocycles. The molecule has 0 aromatic heterocycles. The maximum atomic E-state index is 11.9. The number of Topliss-reactive ketones (excluding diaryl/α,β-unsaturated/α-hetero) is 1. The highest BCUT2D eigenvalue weighted by Gasteiger charge is 2.05. The van der Waals surface area contributed by atoms with E-state index in [1.807, 2.05) is 0 Å². The Kier molecular flexibility index (Phi) is 9.55. The average molecular weight is 292 g/mol. The first-order valence-electron chi connectivity index (χ1n) is 8.17. The molecule has 0 saturated heterocycles. The van der Waals surface area contributed by atoms with Crippen LogP contribution in [-0.2, 0) is 0 Å². The summed E-state index contributed by atoms with van der Waals surface area (Å²) in [6, 6.07) is 6.49. The third kappa shape index (κ3) is 8.51. The summed E-state index contributed by atoms with van der Waals surface area (Å²) < 4.78 is 0. The normalized spacial score (nSPS) is 10.7.